The fraction of sp³-hybridized carbons (Fsp3) is 0.750. The van der Waals surface area contributed by atoms with Gasteiger partial charge in [-0.2, -0.15) is 0 Å². The van der Waals surface area contributed by atoms with Crippen molar-refractivity contribution in [3.63, 3.8) is 0 Å². The van der Waals surface area contributed by atoms with Crippen molar-refractivity contribution >= 4 is 33.3 Å². The molecule has 0 spiro atoms. The van der Waals surface area contributed by atoms with Crippen molar-refractivity contribution in [3.8, 4) is 0 Å². The van der Waals surface area contributed by atoms with E-state index in [1.807, 2.05) is 0 Å². The van der Waals surface area contributed by atoms with Gasteiger partial charge in [0, 0.05) is 5.57 Å². The lowest BCUT2D eigenvalue weighted by Crippen LogP contribution is -2.36. The van der Waals surface area contributed by atoms with Gasteiger partial charge < -0.3 is 13.3 Å². The standard InChI is InChI=1S/C12H28O4Si3/c1-7-11(9-8-10(2)12(13)14)19(15-17(3)4)16-18(5)6/h11,17-19H,2,7-9H2,1,3-6H3,(H,13,14). The number of carboxylic acid groups (broad SMARTS) is 1. The van der Waals surface area contributed by atoms with E-state index in [9.17, 15) is 4.79 Å². The van der Waals surface area contributed by atoms with Crippen molar-refractivity contribution in [3.05, 3.63) is 12.2 Å². The van der Waals surface area contributed by atoms with E-state index in [1.165, 1.54) is 0 Å². The Morgan fingerprint density at radius 2 is 1.68 bits per heavy atom. The molecule has 0 radical (unpaired) electrons. The Bertz CT molecular complexity index is 285. The first kappa shape index (κ1) is 18.8. The molecule has 4 nitrogen and oxygen atoms in total. The molecule has 0 heterocycles. The second-order valence-corrected chi connectivity index (χ2v) is 13.4. The van der Waals surface area contributed by atoms with Crippen LogP contribution in [0.5, 0.6) is 0 Å². The molecule has 0 rings (SSSR count). The second kappa shape index (κ2) is 9.65. The Morgan fingerprint density at radius 3 is 2.00 bits per heavy atom. The largest absolute Gasteiger partial charge is 0.478 e. The molecule has 0 aliphatic heterocycles. The maximum atomic E-state index is 10.8. The third-order valence-electron chi connectivity index (χ3n) is 2.84. The first-order valence-corrected chi connectivity index (χ1v) is 14.2. The first-order chi connectivity index (χ1) is 8.77. The molecule has 0 saturated heterocycles. The van der Waals surface area contributed by atoms with E-state index >= 15 is 0 Å². The van der Waals surface area contributed by atoms with Gasteiger partial charge in [-0.25, -0.2) is 4.79 Å². The Balaban J connectivity index is 4.54. The highest BCUT2D eigenvalue weighted by Gasteiger charge is 2.27. The number of hydrogen-bond acceptors (Lipinski definition) is 3. The van der Waals surface area contributed by atoms with Crippen LogP contribution in [0, 0.1) is 0 Å². The molecule has 19 heavy (non-hydrogen) atoms. The normalized spacial score (nSPS) is 13.3. The van der Waals surface area contributed by atoms with Crippen LogP contribution in [0.4, 0.5) is 0 Å². The number of rotatable bonds is 10. The zero-order valence-electron chi connectivity index (χ0n) is 12.8. The van der Waals surface area contributed by atoms with E-state index in [0.29, 0.717) is 12.0 Å². The minimum atomic E-state index is -1.67. The summed E-state index contributed by atoms with van der Waals surface area (Å²) in [5.41, 5.74) is 0.677. The Kier molecular flexibility index (Phi) is 9.54. The first-order valence-electron chi connectivity index (χ1n) is 6.99. The van der Waals surface area contributed by atoms with Gasteiger partial charge in [0.2, 0.25) is 0 Å². The van der Waals surface area contributed by atoms with Crippen LogP contribution in [0.3, 0.4) is 0 Å². The average molecular weight is 321 g/mol. The molecule has 1 unspecified atom stereocenters. The molecule has 0 bridgehead atoms. The van der Waals surface area contributed by atoms with Crippen molar-refractivity contribution < 1.29 is 18.1 Å². The molecule has 0 aliphatic rings. The summed E-state index contributed by atoms with van der Waals surface area (Å²) in [7, 11) is -3.88. The fourth-order valence-corrected chi connectivity index (χ4v) is 9.52. The molecule has 1 N–H and O–H groups in total. The Morgan fingerprint density at radius 1 is 1.21 bits per heavy atom. The maximum absolute atomic E-state index is 10.8. The van der Waals surface area contributed by atoms with Crippen LogP contribution in [0.1, 0.15) is 26.2 Å². The third-order valence-corrected chi connectivity index (χ3v) is 10.9. The predicted octanol–water partition coefficient (Wildman–Crippen LogP) is 2.41. The van der Waals surface area contributed by atoms with Crippen LogP contribution >= 0.6 is 0 Å². The van der Waals surface area contributed by atoms with Gasteiger partial charge in [0.1, 0.15) is 0 Å². The molecule has 0 amide bonds. The summed E-state index contributed by atoms with van der Waals surface area (Å²) in [4.78, 5) is 10.8. The molecular formula is C12H28O4Si3. The Hall–Kier alpha value is -0.219. The molecule has 0 aromatic rings. The van der Waals surface area contributed by atoms with Gasteiger partial charge in [-0.15, -0.1) is 0 Å². The summed E-state index contributed by atoms with van der Waals surface area (Å²) in [5, 5.41) is 8.86. The minimum Gasteiger partial charge on any atom is -0.478 e. The highest BCUT2D eigenvalue weighted by molar-refractivity contribution is 6.68. The quantitative estimate of drug-likeness (QED) is 0.496. The van der Waals surface area contributed by atoms with Crippen molar-refractivity contribution in [1.82, 2.24) is 0 Å². The van der Waals surface area contributed by atoms with Crippen molar-refractivity contribution in [2.45, 2.75) is 57.9 Å². The number of aliphatic carboxylic acids is 1. The number of carboxylic acids is 1. The SMILES string of the molecule is C=C(CCC(CC)[SiH](O[SiH](C)C)O[SiH](C)C)C(=O)O. The zero-order valence-corrected chi connectivity index (χ0v) is 16.3. The van der Waals surface area contributed by atoms with Gasteiger partial charge in [-0.3, -0.25) is 0 Å². The summed E-state index contributed by atoms with van der Waals surface area (Å²) in [6.45, 7) is 14.4. The van der Waals surface area contributed by atoms with Gasteiger partial charge in [0.05, 0.1) is 0 Å². The lowest BCUT2D eigenvalue weighted by atomic mass is 10.1. The van der Waals surface area contributed by atoms with E-state index < -0.39 is 33.3 Å². The lowest BCUT2D eigenvalue weighted by Gasteiger charge is -2.28. The van der Waals surface area contributed by atoms with Crippen LogP contribution in [0.2, 0.25) is 31.7 Å². The fourth-order valence-electron chi connectivity index (χ4n) is 1.79. The van der Waals surface area contributed by atoms with Crippen molar-refractivity contribution in [2.24, 2.45) is 0 Å². The smallest absolute Gasteiger partial charge is 0.330 e. The predicted molar refractivity (Wildman–Crippen MR) is 87.1 cm³/mol. The summed E-state index contributed by atoms with van der Waals surface area (Å²) >= 11 is 0. The van der Waals surface area contributed by atoms with Gasteiger partial charge in [0.15, 0.2) is 18.1 Å². The number of hydrogen-bond donors (Lipinski definition) is 1. The molecule has 0 saturated carbocycles. The lowest BCUT2D eigenvalue weighted by molar-refractivity contribution is -0.132. The zero-order chi connectivity index (χ0) is 15.0. The van der Waals surface area contributed by atoms with E-state index in [2.05, 4.69) is 39.7 Å². The average Bonchev–Trinajstić information content (AvgIpc) is 2.27. The number of carbonyl (C=O) groups is 1. The van der Waals surface area contributed by atoms with E-state index in [0.717, 1.165) is 12.8 Å². The van der Waals surface area contributed by atoms with Gasteiger partial charge in [0.25, 0.3) is 0 Å². The van der Waals surface area contributed by atoms with Gasteiger partial charge in [-0.1, -0.05) is 19.9 Å². The van der Waals surface area contributed by atoms with Crippen LogP contribution in [0.25, 0.3) is 0 Å². The monoisotopic (exact) mass is 320 g/mol. The van der Waals surface area contributed by atoms with E-state index in [-0.39, 0.29) is 5.57 Å². The summed E-state index contributed by atoms with van der Waals surface area (Å²) < 4.78 is 12.2. The molecule has 0 aliphatic carbocycles. The van der Waals surface area contributed by atoms with Crippen LogP contribution in [-0.2, 0) is 13.0 Å². The van der Waals surface area contributed by atoms with Crippen molar-refractivity contribution in [2.75, 3.05) is 0 Å². The highest BCUT2D eigenvalue weighted by atomic mass is 28.4. The maximum Gasteiger partial charge on any atom is 0.330 e. The molecule has 0 aromatic carbocycles. The van der Waals surface area contributed by atoms with Gasteiger partial charge in [-0.05, 0) is 44.6 Å². The van der Waals surface area contributed by atoms with E-state index in [4.69, 9.17) is 13.3 Å². The Labute approximate surface area is 122 Å². The highest BCUT2D eigenvalue weighted by Crippen LogP contribution is 2.26. The molecule has 0 aromatic heterocycles. The third kappa shape index (κ3) is 8.53. The van der Waals surface area contributed by atoms with Crippen LogP contribution in [-0.4, -0.2) is 38.4 Å². The molecular weight excluding hydrogens is 292 g/mol. The van der Waals surface area contributed by atoms with Crippen molar-refractivity contribution in [1.29, 1.82) is 0 Å². The summed E-state index contributed by atoms with van der Waals surface area (Å²) in [6, 6.07) is 0. The van der Waals surface area contributed by atoms with Gasteiger partial charge >= 0.3 is 15.3 Å². The topological polar surface area (TPSA) is 55.8 Å². The molecule has 1 atom stereocenters. The molecule has 112 valence electrons. The summed E-state index contributed by atoms with van der Waals surface area (Å²) in [6.07, 6.45) is 2.34. The van der Waals surface area contributed by atoms with Crippen LogP contribution in [0.15, 0.2) is 12.2 Å². The second-order valence-electron chi connectivity index (χ2n) is 5.35. The summed E-state index contributed by atoms with van der Waals surface area (Å²) in [5.74, 6) is -0.897. The molecule has 7 heteroatoms. The molecule has 0 fully saturated rings. The van der Waals surface area contributed by atoms with Crippen LogP contribution < -0.4 is 0 Å². The minimum absolute atomic E-state index is 0.287. The van der Waals surface area contributed by atoms with E-state index in [1.54, 1.807) is 0 Å².